The first-order valence-corrected chi connectivity index (χ1v) is 3.37. The summed E-state index contributed by atoms with van der Waals surface area (Å²) < 4.78 is 1.87. The third kappa shape index (κ3) is 1.26. The minimum atomic E-state index is 1.03. The van der Waals surface area contributed by atoms with Crippen LogP contribution < -0.4 is 0 Å². The Morgan fingerprint density at radius 3 is 2.70 bits per heavy atom. The lowest BCUT2D eigenvalue weighted by molar-refractivity contribution is 0.737. The monoisotopic (exact) mass is 136 g/mol. The largest absolute Gasteiger partial charge is 0.272 e. The molecule has 0 unspecified atom stereocenters. The lowest BCUT2D eigenvalue weighted by Gasteiger charge is -1.87. The quantitative estimate of drug-likeness (QED) is 0.575. The summed E-state index contributed by atoms with van der Waals surface area (Å²) in [4.78, 5) is 0. The van der Waals surface area contributed by atoms with E-state index in [1.807, 2.05) is 37.7 Å². The fraction of sp³-hybridized carbons (Fsp3) is 0.375. The molecule has 0 spiro atoms. The molecule has 1 aromatic rings. The molecule has 0 fully saturated rings. The Labute approximate surface area is 61.2 Å². The third-order valence-electron chi connectivity index (χ3n) is 1.47. The fourth-order valence-electron chi connectivity index (χ4n) is 0.841. The Morgan fingerprint density at radius 2 is 2.30 bits per heavy atom. The highest BCUT2D eigenvalue weighted by Crippen LogP contribution is 2.02. The van der Waals surface area contributed by atoms with E-state index in [1.165, 1.54) is 5.69 Å². The van der Waals surface area contributed by atoms with Crippen LogP contribution in [0.2, 0.25) is 0 Å². The highest BCUT2D eigenvalue weighted by Gasteiger charge is 1.94. The lowest BCUT2D eigenvalue weighted by atomic mass is 10.3. The van der Waals surface area contributed by atoms with Gasteiger partial charge in [-0.15, -0.1) is 0 Å². The van der Waals surface area contributed by atoms with E-state index in [1.54, 1.807) is 0 Å². The normalized spacial score (nSPS) is 11.1. The van der Waals surface area contributed by atoms with Gasteiger partial charge in [-0.1, -0.05) is 6.08 Å². The van der Waals surface area contributed by atoms with Crippen molar-refractivity contribution in [3.8, 4) is 0 Å². The van der Waals surface area contributed by atoms with Gasteiger partial charge < -0.3 is 0 Å². The highest BCUT2D eigenvalue weighted by atomic mass is 15.3. The molecule has 1 heterocycles. The average molecular weight is 136 g/mol. The SMILES string of the molecule is C/C=C/c1cc(C)n(C)n1. The zero-order chi connectivity index (χ0) is 7.56. The average Bonchev–Trinajstić information content (AvgIpc) is 2.14. The van der Waals surface area contributed by atoms with E-state index in [-0.39, 0.29) is 0 Å². The molecule has 0 saturated carbocycles. The summed E-state index contributed by atoms with van der Waals surface area (Å²) in [5, 5.41) is 4.23. The topological polar surface area (TPSA) is 17.8 Å². The lowest BCUT2D eigenvalue weighted by Crippen LogP contribution is -1.91. The van der Waals surface area contributed by atoms with Crippen LogP contribution in [0.3, 0.4) is 0 Å². The zero-order valence-corrected chi connectivity index (χ0v) is 6.63. The molecule has 1 aromatic heterocycles. The second-order valence-electron chi connectivity index (χ2n) is 2.33. The smallest absolute Gasteiger partial charge is 0.0850 e. The first-order chi connectivity index (χ1) is 4.74. The maximum absolute atomic E-state index is 4.23. The molecule has 0 aliphatic rings. The van der Waals surface area contributed by atoms with Crippen molar-refractivity contribution in [1.82, 2.24) is 9.78 Å². The van der Waals surface area contributed by atoms with Gasteiger partial charge in [0.25, 0.3) is 0 Å². The second-order valence-corrected chi connectivity index (χ2v) is 2.33. The molecular formula is C8H12N2. The van der Waals surface area contributed by atoms with E-state index < -0.39 is 0 Å². The predicted octanol–water partition coefficient (Wildman–Crippen LogP) is 1.76. The number of allylic oxidation sites excluding steroid dienone is 1. The van der Waals surface area contributed by atoms with E-state index in [2.05, 4.69) is 11.2 Å². The first-order valence-electron chi connectivity index (χ1n) is 3.37. The molecule has 1 rings (SSSR count). The van der Waals surface area contributed by atoms with Gasteiger partial charge in [0, 0.05) is 12.7 Å². The first kappa shape index (κ1) is 7.06. The minimum Gasteiger partial charge on any atom is -0.272 e. The summed E-state index contributed by atoms with van der Waals surface area (Å²) in [5.41, 5.74) is 2.22. The molecule has 0 radical (unpaired) electrons. The third-order valence-corrected chi connectivity index (χ3v) is 1.47. The number of aromatic nitrogens is 2. The predicted molar refractivity (Wildman–Crippen MR) is 42.7 cm³/mol. The Morgan fingerprint density at radius 1 is 1.60 bits per heavy atom. The molecule has 0 aromatic carbocycles. The fourth-order valence-corrected chi connectivity index (χ4v) is 0.841. The number of rotatable bonds is 1. The van der Waals surface area contributed by atoms with Crippen molar-refractivity contribution in [3.63, 3.8) is 0 Å². The number of aryl methyl sites for hydroxylation is 2. The second kappa shape index (κ2) is 2.69. The summed E-state index contributed by atoms with van der Waals surface area (Å²) in [6, 6.07) is 2.06. The molecule has 0 atom stereocenters. The molecule has 2 nitrogen and oxygen atoms in total. The van der Waals surface area contributed by atoms with Crippen molar-refractivity contribution in [2.45, 2.75) is 13.8 Å². The van der Waals surface area contributed by atoms with Crippen LogP contribution in [0.5, 0.6) is 0 Å². The maximum atomic E-state index is 4.23. The van der Waals surface area contributed by atoms with Crippen molar-refractivity contribution in [2.24, 2.45) is 7.05 Å². The van der Waals surface area contributed by atoms with Crippen LogP contribution in [0.4, 0.5) is 0 Å². The summed E-state index contributed by atoms with van der Waals surface area (Å²) in [5.74, 6) is 0. The van der Waals surface area contributed by atoms with E-state index in [9.17, 15) is 0 Å². The van der Waals surface area contributed by atoms with Gasteiger partial charge in [0.15, 0.2) is 0 Å². The molecule has 0 N–H and O–H groups in total. The summed E-state index contributed by atoms with van der Waals surface area (Å²) in [6.07, 6.45) is 3.98. The number of nitrogens with zero attached hydrogens (tertiary/aromatic N) is 2. The van der Waals surface area contributed by atoms with Gasteiger partial charge in [-0.3, -0.25) is 4.68 Å². The van der Waals surface area contributed by atoms with Gasteiger partial charge in [0.05, 0.1) is 5.69 Å². The highest BCUT2D eigenvalue weighted by molar-refractivity contribution is 5.43. The van der Waals surface area contributed by atoms with Crippen LogP contribution in [0.1, 0.15) is 18.3 Å². The summed E-state index contributed by atoms with van der Waals surface area (Å²) in [6.45, 7) is 4.03. The number of hydrogen-bond donors (Lipinski definition) is 0. The van der Waals surface area contributed by atoms with E-state index >= 15 is 0 Å². The molecule has 10 heavy (non-hydrogen) atoms. The van der Waals surface area contributed by atoms with Crippen LogP contribution in [0.25, 0.3) is 6.08 Å². The van der Waals surface area contributed by atoms with Gasteiger partial charge >= 0.3 is 0 Å². The van der Waals surface area contributed by atoms with Crippen LogP contribution >= 0.6 is 0 Å². The van der Waals surface area contributed by atoms with Gasteiger partial charge in [-0.05, 0) is 26.0 Å². The van der Waals surface area contributed by atoms with E-state index in [0.717, 1.165) is 5.69 Å². The molecule has 0 bridgehead atoms. The van der Waals surface area contributed by atoms with E-state index in [4.69, 9.17) is 0 Å². The molecule has 2 heteroatoms. The van der Waals surface area contributed by atoms with Crippen LogP contribution in [-0.4, -0.2) is 9.78 Å². The van der Waals surface area contributed by atoms with Crippen molar-refractivity contribution in [1.29, 1.82) is 0 Å². The van der Waals surface area contributed by atoms with Crippen LogP contribution in [0.15, 0.2) is 12.1 Å². The minimum absolute atomic E-state index is 1.03. The molecule has 54 valence electrons. The zero-order valence-electron chi connectivity index (χ0n) is 6.63. The Bertz CT molecular complexity index is 226. The molecular weight excluding hydrogens is 124 g/mol. The molecule has 0 aliphatic carbocycles. The Balaban J connectivity index is 2.98. The standard InChI is InChI=1S/C8H12N2/c1-4-5-8-6-7(2)10(3)9-8/h4-6H,1-3H3/b5-4+. The van der Waals surface area contributed by atoms with Crippen molar-refractivity contribution in [3.05, 3.63) is 23.5 Å². The van der Waals surface area contributed by atoms with Gasteiger partial charge in [0.1, 0.15) is 0 Å². The summed E-state index contributed by atoms with van der Waals surface area (Å²) >= 11 is 0. The van der Waals surface area contributed by atoms with E-state index in [0.29, 0.717) is 0 Å². The maximum Gasteiger partial charge on any atom is 0.0850 e. The van der Waals surface area contributed by atoms with Gasteiger partial charge in [0.2, 0.25) is 0 Å². The Hall–Kier alpha value is -1.05. The summed E-state index contributed by atoms with van der Waals surface area (Å²) in [7, 11) is 1.95. The van der Waals surface area contributed by atoms with Gasteiger partial charge in [-0.25, -0.2) is 0 Å². The number of hydrogen-bond acceptors (Lipinski definition) is 1. The van der Waals surface area contributed by atoms with Crippen LogP contribution in [-0.2, 0) is 7.05 Å². The van der Waals surface area contributed by atoms with Crippen molar-refractivity contribution >= 4 is 6.08 Å². The van der Waals surface area contributed by atoms with Crippen molar-refractivity contribution in [2.75, 3.05) is 0 Å². The van der Waals surface area contributed by atoms with Crippen LogP contribution in [0, 0.1) is 6.92 Å². The Kier molecular flexibility index (Phi) is 1.90. The molecule has 0 aliphatic heterocycles. The van der Waals surface area contributed by atoms with Gasteiger partial charge in [-0.2, -0.15) is 5.10 Å². The molecule has 0 amide bonds. The van der Waals surface area contributed by atoms with Crippen molar-refractivity contribution < 1.29 is 0 Å². The molecule has 0 saturated heterocycles.